The summed E-state index contributed by atoms with van der Waals surface area (Å²) in [6.07, 6.45) is 4.27. The van der Waals surface area contributed by atoms with Gasteiger partial charge < -0.3 is 14.5 Å². The Morgan fingerprint density at radius 1 is 1.38 bits per heavy atom. The molecule has 3 aliphatic rings. The number of ether oxygens (including phenoxy) is 1. The lowest BCUT2D eigenvalue weighted by molar-refractivity contribution is -0.128. The number of carbonyl (C=O) groups excluding carboxylic acids is 1. The zero-order chi connectivity index (χ0) is 16.6. The van der Waals surface area contributed by atoms with Crippen molar-refractivity contribution in [2.45, 2.75) is 39.2 Å². The second-order valence-corrected chi connectivity index (χ2v) is 8.89. The van der Waals surface area contributed by atoms with E-state index in [1.165, 1.54) is 19.4 Å². The molecule has 4 heterocycles. The number of hydrogen-bond donors (Lipinski definition) is 0. The van der Waals surface area contributed by atoms with E-state index in [0.29, 0.717) is 12.5 Å². The molecule has 3 aliphatic heterocycles. The number of aryl methyl sites for hydroxylation is 1. The van der Waals surface area contributed by atoms with Crippen LogP contribution in [0.1, 0.15) is 36.4 Å². The number of nitrogens with zero attached hydrogens (tertiary/aromatic N) is 3. The molecule has 132 valence electrons. The van der Waals surface area contributed by atoms with Crippen molar-refractivity contribution in [1.29, 1.82) is 0 Å². The number of aromatic nitrogens is 1. The molecule has 1 spiro atoms. The summed E-state index contributed by atoms with van der Waals surface area (Å²) < 4.78 is 5.47. The monoisotopic (exact) mass is 349 g/mol. The van der Waals surface area contributed by atoms with Crippen LogP contribution in [0.2, 0.25) is 0 Å². The first-order chi connectivity index (χ1) is 11.6. The molecule has 1 aromatic rings. The fraction of sp³-hybridized carbons (Fsp3) is 0.778. The normalized spacial score (nSPS) is 29.2. The van der Waals surface area contributed by atoms with Gasteiger partial charge in [-0.1, -0.05) is 0 Å². The Bertz CT molecular complexity index is 599. The van der Waals surface area contributed by atoms with Crippen molar-refractivity contribution in [3.63, 3.8) is 0 Å². The van der Waals surface area contributed by atoms with Gasteiger partial charge in [-0.15, -0.1) is 11.3 Å². The minimum absolute atomic E-state index is 0.188. The maximum absolute atomic E-state index is 12.5. The van der Waals surface area contributed by atoms with Crippen LogP contribution in [0.25, 0.3) is 0 Å². The fourth-order valence-electron chi connectivity index (χ4n) is 4.55. The van der Waals surface area contributed by atoms with Crippen molar-refractivity contribution >= 4 is 17.2 Å². The molecule has 3 fully saturated rings. The van der Waals surface area contributed by atoms with E-state index in [2.05, 4.69) is 15.3 Å². The lowest BCUT2D eigenvalue weighted by Gasteiger charge is -2.28. The van der Waals surface area contributed by atoms with Crippen LogP contribution in [0.15, 0.2) is 5.38 Å². The molecule has 1 amide bonds. The molecule has 5 nitrogen and oxygen atoms in total. The summed E-state index contributed by atoms with van der Waals surface area (Å²) in [5, 5.41) is 3.16. The smallest absolute Gasteiger partial charge is 0.223 e. The zero-order valence-electron chi connectivity index (χ0n) is 14.5. The number of rotatable bonds is 4. The van der Waals surface area contributed by atoms with Gasteiger partial charge >= 0.3 is 0 Å². The lowest BCUT2D eigenvalue weighted by Crippen LogP contribution is -2.34. The average Bonchev–Trinajstić information content (AvgIpc) is 3.22. The van der Waals surface area contributed by atoms with Crippen molar-refractivity contribution in [3.05, 3.63) is 16.1 Å². The Morgan fingerprint density at radius 3 is 2.96 bits per heavy atom. The quantitative estimate of drug-likeness (QED) is 0.837. The highest BCUT2D eigenvalue weighted by molar-refractivity contribution is 7.09. The molecule has 1 aromatic heterocycles. The lowest BCUT2D eigenvalue weighted by atomic mass is 9.86. The van der Waals surface area contributed by atoms with Crippen molar-refractivity contribution in [1.82, 2.24) is 14.8 Å². The zero-order valence-corrected chi connectivity index (χ0v) is 15.3. The van der Waals surface area contributed by atoms with E-state index >= 15 is 0 Å². The van der Waals surface area contributed by atoms with Crippen LogP contribution in [0, 0.1) is 18.3 Å². The second kappa shape index (κ2) is 6.73. The van der Waals surface area contributed by atoms with Gasteiger partial charge in [-0.25, -0.2) is 4.98 Å². The summed E-state index contributed by atoms with van der Waals surface area (Å²) >= 11 is 1.67. The largest absolute Gasteiger partial charge is 0.381 e. The number of amides is 1. The molecule has 0 N–H and O–H groups in total. The molecule has 24 heavy (non-hydrogen) atoms. The van der Waals surface area contributed by atoms with Crippen LogP contribution in [-0.2, 0) is 16.1 Å². The van der Waals surface area contributed by atoms with E-state index in [-0.39, 0.29) is 5.41 Å². The molecule has 0 saturated carbocycles. The molecule has 0 aromatic carbocycles. The van der Waals surface area contributed by atoms with Gasteiger partial charge in [0.1, 0.15) is 0 Å². The minimum atomic E-state index is 0.188. The maximum Gasteiger partial charge on any atom is 0.223 e. The van der Waals surface area contributed by atoms with Crippen molar-refractivity contribution in [2.75, 3.05) is 39.4 Å². The first kappa shape index (κ1) is 16.5. The predicted molar refractivity (Wildman–Crippen MR) is 93.9 cm³/mol. The van der Waals surface area contributed by atoms with Gasteiger partial charge in [-0.2, -0.15) is 0 Å². The highest BCUT2D eigenvalue weighted by atomic mass is 32.1. The fourth-order valence-corrected chi connectivity index (χ4v) is 5.16. The summed E-state index contributed by atoms with van der Waals surface area (Å²) in [6.45, 7) is 8.87. The van der Waals surface area contributed by atoms with Crippen molar-refractivity contribution in [3.8, 4) is 0 Å². The van der Waals surface area contributed by atoms with Crippen LogP contribution >= 0.6 is 11.3 Å². The summed E-state index contributed by atoms with van der Waals surface area (Å²) in [4.78, 5) is 21.7. The van der Waals surface area contributed by atoms with Gasteiger partial charge in [0.15, 0.2) is 0 Å². The van der Waals surface area contributed by atoms with Crippen LogP contribution in [0.5, 0.6) is 0 Å². The van der Waals surface area contributed by atoms with Crippen LogP contribution in [0.3, 0.4) is 0 Å². The minimum Gasteiger partial charge on any atom is -0.381 e. The van der Waals surface area contributed by atoms with Crippen LogP contribution in [-0.4, -0.2) is 60.1 Å². The van der Waals surface area contributed by atoms with Gasteiger partial charge in [0.05, 0.1) is 17.2 Å². The first-order valence-electron chi connectivity index (χ1n) is 9.11. The maximum atomic E-state index is 12.5. The van der Waals surface area contributed by atoms with Crippen LogP contribution in [0.4, 0.5) is 0 Å². The predicted octanol–water partition coefficient (Wildman–Crippen LogP) is 2.30. The third kappa shape index (κ3) is 3.51. The summed E-state index contributed by atoms with van der Waals surface area (Å²) in [6, 6.07) is 0. The van der Waals surface area contributed by atoms with E-state index in [1.54, 1.807) is 11.3 Å². The Morgan fingerprint density at radius 2 is 2.21 bits per heavy atom. The van der Waals surface area contributed by atoms with Gasteiger partial charge in [-0.3, -0.25) is 4.79 Å². The molecule has 0 radical (unpaired) electrons. The van der Waals surface area contributed by atoms with Gasteiger partial charge in [0.25, 0.3) is 0 Å². The summed E-state index contributed by atoms with van der Waals surface area (Å²) in [7, 11) is 0. The van der Waals surface area contributed by atoms with Gasteiger partial charge in [0, 0.05) is 50.1 Å². The SMILES string of the molecule is Cc1nc(CN2CC3(CCN(CC4CCOCC4)C3)CC2=O)cs1. The first-order valence-corrected chi connectivity index (χ1v) is 9.99. The summed E-state index contributed by atoms with van der Waals surface area (Å²) in [5.74, 6) is 1.09. The number of hydrogen-bond acceptors (Lipinski definition) is 5. The van der Waals surface area contributed by atoms with Gasteiger partial charge in [0.2, 0.25) is 5.91 Å². The molecule has 4 rings (SSSR count). The van der Waals surface area contributed by atoms with E-state index in [1.807, 2.05) is 11.8 Å². The topological polar surface area (TPSA) is 45.7 Å². The Kier molecular flexibility index (Phi) is 4.62. The molecule has 3 saturated heterocycles. The Balaban J connectivity index is 1.34. The standard InChI is InChI=1S/C18H27N3O2S/c1-14-19-16(11-24-14)10-21-13-18(8-17(21)22)4-5-20(12-18)9-15-2-6-23-7-3-15/h11,15H,2-10,12-13H2,1H3. The number of likely N-dealkylation sites (tertiary alicyclic amines) is 2. The average molecular weight is 350 g/mol. The van der Waals surface area contributed by atoms with Crippen LogP contribution < -0.4 is 0 Å². The molecule has 0 aliphatic carbocycles. The third-order valence-electron chi connectivity index (χ3n) is 5.80. The molecule has 0 bridgehead atoms. The highest BCUT2D eigenvalue weighted by Crippen LogP contribution is 2.41. The van der Waals surface area contributed by atoms with E-state index in [4.69, 9.17) is 4.74 Å². The van der Waals surface area contributed by atoms with E-state index in [9.17, 15) is 4.79 Å². The summed E-state index contributed by atoms with van der Waals surface area (Å²) in [5.41, 5.74) is 1.23. The molecule has 1 unspecified atom stereocenters. The van der Waals surface area contributed by atoms with Crippen molar-refractivity contribution in [2.24, 2.45) is 11.3 Å². The van der Waals surface area contributed by atoms with Crippen molar-refractivity contribution < 1.29 is 9.53 Å². The molecule has 1 atom stereocenters. The Labute approximate surface area is 148 Å². The number of carbonyl (C=O) groups is 1. The second-order valence-electron chi connectivity index (χ2n) is 7.83. The third-order valence-corrected chi connectivity index (χ3v) is 6.62. The van der Waals surface area contributed by atoms with E-state index < -0.39 is 0 Å². The number of thiazole rings is 1. The highest BCUT2D eigenvalue weighted by Gasteiger charge is 2.47. The molecular formula is C18H27N3O2S. The van der Waals surface area contributed by atoms with E-state index in [0.717, 1.165) is 62.3 Å². The molecule has 6 heteroatoms. The molecular weight excluding hydrogens is 322 g/mol. The Hall–Kier alpha value is -0.980. The van der Waals surface area contributed by atoms with Gasteiger partial charge in [-0.05, 0) is 38.6 Å².